The number of ether oxygens (including phenoxy) is 1. The predicted octanol–water partition coefficient (Wildman–Crippen LogP) is 1.07. The summed E-state index contributed by atoms with van der Waals surface area (Å²) in [6.07, 6.45) is -0.880. The summed E-state index contributed by atoms with van der Waals surface area (Å²) in [6, 6.07) is 4.32. The van der Waals surface area contributed by atoms with Gasteiger partial charge in [0.15, 0.2) is 5.96 Å². The number of thioether (sulfide) groups is 1. The van der Waals surface area contributed by atoms with Crippen LogP contribution >= 0.6 is 11.8 Å². The van der Waals surface area contributed by atoms with Gasteiger partial charge in [0.1, 0.15) is 5.70 Å². The fourth-order valence-electron chi connectivity index (χ4n) is 5.30. The number of guanidine groups is 1. The highest BCUT2D eigenvalue weighted by Crippen LogP contribution is 2.52. The van der Waals surface area contributed by atoms with Crippen LogP contribution in [0.2, 0.25) is 0 Å². The Morgan fingerprint density at radius 2 is 1.92 bits per heavy atom. The number of likely N-dealkylation sites (N-methyl/N-ethyl adjacent to an activating group) is 1. The van der Waals surface area contributed by atoms with Crippen molar-refractivity contribution in [2.45, 2.75) is 31.2 Å². The van der Waals surface area contributed by atoms with Gasteiger partial charge in [-0.05, 0) is 19.1 Å². The van der Waals surface area contributed by atoms with Crippen molar-refractivity contribution >= 4 is 41.3 Å². The Hall–Kier alpha value is -3.45. The predicted molar refractivity (Wildman–Crippen MR) is 133 cm³/mol. The first-order valence-corrected chi connectivity index (χ1v) is 12.9. The van der Waals surface area contributed by atoms with Gasteiger partial charge in [0.25, 0.3) is 5.69 Å². The van der Waals surface area contributed by atoms with E-state index in [-0.39, 0.29) is 34.0 Å². The van der Waals surface area contributed by atoms with Crippen LogP contribution in [-0.2, 0) is 14.3 Å². The Kier molecular flexibility index (Phi) is 6.44. The lowest BCUT2D eigenvalue weighted by molar-refractivity contribution is -0.384. The first-order chi connectivity index (χ1) is 17.6. The minimum atomic E-state index is -0.968. The molecular weight excluding hydrogens is 502 g/mol. The lowest BCUT2D eigenvalue weighted by Gasteiger charge is -2.46. The third kappa shape index (κ3) is 4.25. The van der Waals surface area contributed by atoms with E-state index in [1.807, 2.05) is 14.0 Å². The van der Waals surface area contributed by atoms with Crippen LogP contribution in [0, 0.1) is 22.0 Å². The number of nitro benzene ring substituents is 1. The molecule has 0 unspecified atom stereocenters. The summed E-state index contributed by atoms with van der Waals surface area (Å²) in [5, 5.41) is 21.2. The molecule has 37 heavy (non-hydrogen) atoms. The second kappa shape index (κ2) is 9.45. The van der Waals surface area contributed by atoms with Crippen LogP contribution < -0.4 is 0 Å². The molecule has 0 bridgehead atoms. The van der Waals surface area contributed by atoms with E-state index in [2.05, 4.69) is 14.8 Å². The maximum atomic E-state index is 13.3. The molecule has 0 radical (unpaired) electrons. The van der Waals surface area contributed by atoms with Gasteiger partial charge < -0.3 is 24.5 Å². The molecule has 12 nitrogen and oxygen atoms in total. The number of hydrogen-bond acceptors (Lipinski definition) is 11. The number of fused-ring (bicyclic) bond motifs is 1. The quantitative estimate of drug-likeness (QED) is 0.187. The zero-order chi connectivity index (χ0) is 26.6. The summed E-state index contributed by atoms with van der Waals surface area (Å²) in [5.41, 5.74) is -0.186. The molecular formula is C24H27N5O7S. The van der Waals surface area contributed by atoms with Crippen LogP contribution in [0.4, 0.5) is 5.69 Å². The number of aliphatic imine (C=N–C) groups is 1. The number of likely N-dealkylation sites (tertiary alicyclic amines) is 1. The molecule has 0 aromatic heterocycles. The highest BCUT2D eigenvalue weighted by atomic mass is 32.2. The Morgan fingerprint density at radius 3 is 2.49 bits per heavy atom. The number of aliphatic hydroxyl groups is 1. The first kappa shape index (κ1) is 25.2. The topological polar surface area (TPSA) is 146 Å². The zero-order valence-corrected chi connectivity index (χ0v) is 21.4. The van der Waals surface area contributed by atoms with Crippen molar-refractivity contribution in [3.63, 3.8) is 0 Å². The molecule has 2 fully saturated rings. The third-order valence-electron chi connectivity index (χ3n) is 7.26. The Labute approximate surface area is 217 Å². The van der Waals surface area contributed by atoms with Crippen LogP contribution in [-0.4, -0.2) is 99.2 Å². The summed E-state index contributed by atoms with van der Waals surface area (Å²) in [7, 11) is 2.00. The van der Waals surface area contributed by atoms with Crippen LogP contribution in [0.5, 0.6) is 0 Å². The molecule has 0 spiro atoms. The molecule has 1 aromatic carbocycles. The molecule has 4 atom stereocenters. The van der Waals surface area contributed by atoms with Gasteiger partial charge in [0.2, 0.25) is 5.91 Å². The highest BCUT2D eigenvalue weighted by molar-refractivity contribution is 8.03. The number of esters is 2. The van der Waals surface area contributed by atoms with Crippen molar-refractivity contribution in [1.29, 1.82) is 0 Å². The smallest absolute Gasteiger partial charge is 0.363 e. The lowest BCUT2D eigenvalue weighted by Crippen LogP contribution is -2.63. The molecule has 196 valence electrons. The van der Waals surface area contributed by atoms with Crippen molar-refractivity contribution in [2.75, 3.05) is 33.2 Å². The fourth-order valence-corrected chi connectivity index (χ4v) is 6.81. The zero-order valence-electron chi connectivity index (χ0n) is 20.6. The second-order valence-electron chi connectivity index (χ2n) is 9.70. The molecule has 13 heteroatoms. The minimum Gasteiger partial charge on any atom is -0.393 e. The van der Waals surface area contributed by atoms with Gasteiger partial charge in [-0.3, -0.25) is 19.9 Å². The molecule has 5 rings (SSSR count). The van der Waals surface area contributed by atoms with Gasteiger partial charge in [0, 0.05) is 54.9 Å². The molecule has 4 aliphatic heterocycles. The van der Waals surface area contributed by atoms with Crippen LogP contribution in [0.3, 0.4) is 0 Å². The molecule has 1 N–H and O–H groups in total. The molecule has 1 aromatic rings. The number of nitro groups is 1. The number of hydrogen-bond donors (Lipinski definition) is 1. The van der Waals surface area contributed by atoms with E-state index < -0.39 is 34.9 Å². The number of carbonyl (C=O) groups excluding carboxylic acids is 3. The van der Waals surface area contributed by atoms with Gasteiger partial charge in [-0.2, -0.15) is 0 Å². The van der Waals surface area contributed by atoms with Gasteiger partial charge in [0.05, 0.1) is 35.1 Å². The van der Waals surface area contributed by atoms with Gasteiger partial charge in [-0.25, -0.2) is 9.59 Å². The monoisotopic (exact) mass is 529 g/mol. The number of aliphatic hydroxyl groups excluding tert-OH is 1. The molecule has 4 aliphatic rings. The summed E-state index contributed by atoms with van der Waals surface area (Å²) >= 11 is 1.50. The molecule has 0 aliphatic carbocycles. The summed E-state index contributed by atoms with van der Waals surface area (Å²) in [5.74, 6) is -2.21. The van der Waals surface area contributed by atoms with Crippen LogP contribution in [0.25, 0.3) is 0 Å². The summed E-state index contributed by atoms with van der Waals surface area (Å²) < 4.78 is 5.13. The minimum absolute atomic E-state index is 0.0239. The van der Waals surface area contributed by atoms with E-state index in [1.165, 1.54) is 28.8 Å². The number of rotatable bonds is 6. The van der Waals surface area contributed by atoms with E-state index in [1.54, 1.807) is 6.92 Å². The Bertz CT molecular complexity index is 1220. The van der Waals surface area contributed by atoms with Crippen LogP contribution in [0.15, 0.2) is 39.9 Å². The Balaban J connectivity index is 1.35. The van der Waals surface area contributed by atoms with E-state index in [0.29, 0.717) is 4.91 Å². The number of carbonyl (C=O) groups is 3. The van der Waals surface area contributed by atoms with Crippen molar-refractivity contribution in [3.05, 3.63) is 50.5 Å². The number of β-lactam (4-membered cyclic amide) rings is 1. The van der Waals surface area contributed by atoms with Crippen molar-refractivity contribution < 1.29 is 29.2 Å². The summed E-state index contributed by atoms with van der Waals surface area (Å²) in [4.78, 5) is 59.9. The summed E-state index contributed by atoms with van der Waals surface area (Å²) in [6.45, 7) is 6.56. The molecule has 2 saturated heterocycles. The SMILES string of the molecule is C[C@@H](O)[C@H]1C(=O)N2C(C(=O)OC(=O)c3ccc([N+](=O)[O-])cc3)=C(SC3CN(C4=NCCN4C)C3)[C@H](C)[C@H]12. The molecule has 4 heterocycles. The third-order valence-corrected chi connectivity index (χ3v) is 8.71. The number of benzene rings is 1. The number of non-ortho nitro benzene ring substituents is 1. The van der Waals surface area contributed by atoms with E-state index in [0.717, 1.165) is 44.3 Å². The van der Waals surface area contributed by atoms with Gasteiger partial charge in [-0.1, -0.05) is 6.92 Å². The second-order valence-corrected chi connectivity index (χ2v) is 11.0. The number of nitrogens with zero attached hydrogens (tertiary/aromatic N) is 5. The van der Waals surface area contributed by atoms with E-state index in [4.69, 9.17) is 4.74 Å². The standard InChI is InChI=1S/C24H27N5O7S/c1-12-18-17(13(2)30)21(31)28(18)19(20(12)37-16-10-27(11-16)24-25-8-9-26(24)3)23(33)36-22(32)14-4-6-15(7-5-14)29(34)35/h4-7,12-13,16-18,30H,8-11H2,1-3H3/t12-,13-,17-,18-/m1/s1. The van der Waals surface area contributed by atoms with Crippen molar-refractivity contribution in [1.82, 2.24) is 14.7 Å². The normalized spacial score (nSPS) is 25.9. The van der Waals surface area contributed by atoms with Crippen molar-refractivity contribution in [3.8, 4) is 0 Å². The van der Waals surface area contributed by atoms with Crippen molar-refractivity contribution in [2.24, 2.45) is 16.8 Å². The molecule has 1 amide bonds. The molecule has 0 saturated carbocycles. The fraction of sp³-hybridized carbons (Fsp3) is 0.500. The largest absolute Gasteiger partial charge is 0.393 e. The van der Waals surface area contributed by atoms with Crippen LogP contribution in [0.1, 0.15) is 24.2 Å². The maximum Gasteiger partial charge on any atom is 0.363 e. The average molecular weight is 530 g/mol. The van der Waals surface area contributed by atoms with Gasteiger partial charge >= 0.3 is 11.9 Å². The van der Waals surface area contributed by atoms with E-state index >= 15 is 0 Å². The average Bonchev–Trinajstić information content (AvgIpc) is 3.34. The number of amides is 1. The van der Waals surface area contributed by atoms with E-state index in [9.17, 15) is 29.6 Å². The highest BCUT2D eigenvalue weighted by Gasteiger charge is 2.60. The maximum absolute atomic E-state index is 13.3. The first-order valence-electron chi connectivity index (χ1n) is 12.0. The lowest BCUT2D eigenvalue weighted by atomic mass is 9.79. The van der Waals surface area contributed by atoms with Gasteiger partial charge in [-0.15, -0.1) is 11.8 Å². The Morgan fingerprint density at radius 1 is 1.24 bits per heavy atom.